The highest BCUT2D eigenvalue weighted by Gasteiger charge is 2.05. The molecule has 0 fully saturated rings. The molecule has 1 aromatic carbocycles. The van der Waals surface area contributed by atoms with Crippen LogP contribution >= 0.6 is 11.8 Å². The van der Waals surface area contributed by atoms with E-state index in [-0.39, 0.29) is 12.3 Å². The van der Waals surface area contributed by atoms with Gasteiger partial charge in [-0.3, -0.25) is 9.59 Å². The van der Waals surface area contributed by atoms with Crippen LogP contribution in [0.3, 0.4) is 0 Å². The second-order valence-electron chi connectivity index (χ2n) is 4.80. The van der Waals surface area contributed by atoms with E-state index in [1.807, 2.05) is 24.3 Å². The Morgan fingerprint density at radius 3 is 2.40 bits per heavy atom. The number of carboxylic acid groups (broad SMARTS) is 1. The van der Waals surface area contributed by atoms with E-state index in [1.54, 1.807) is 11.8 Å². The van der Waals surface area contributed by atoms with Crippen LogP contribution in [0.2, 0.25) is 0 Å². The number of benzene rings is 1. The number of nitrogens with one attached hydrogen (secondary N) is 1. The summed E-state index contributed by atoms with van der Waals surface area (Å²) in [4.78, 5) is 23.3. The molecule has 1 rings (SSSR count). The third-order valence-electron chi connectivity index (χ3n) is 2.59. The van der Waals surface area contributed by atoms with Gasteiger partial charge in [0.05, 0.1) is 0 Å². The zero-order valence-corrected chi connectivity index (χ0v) is 12.7. The molecule has 0 heterocycles. The topological polar surface area (TPSA) is 66.4 Å². The van der Waals surface area contributed by atoms with Crippen LogP contribution in [0.15, 0.2) is 29.2 Å². The van der Waals surface area contributed by atoms with Gasteiger partial charge >= 0.3 is 5.97 Å². The third kappa shape index (κ3) is 6.61. The maximum atomic E-state index is 11.8. The van der Waals surface area contributed by atoms with Gasteiger partial charge in [-0.2, -0.15) is 0 Å². The Kier molecular flexibility index (Phi) is 7.15. The molecule has 0 unspecified atom stereocenters. The number of thioether (sulfide) groups is 1. The zero-order valence-electron chi connectivity index (χ0n) is 11.9. The number of hydrogen-bond acceptors (Lipinski definition) is 3. The molecule has 5 heteroatoms. The van der Waals surface area contributed by atoms with Crippen molar-refractivity contribution < 1.29 is 14.7 Å². The number of carbonyl (C=O) groups excluding carboxylic acids is 1. The average Bonchev–Trinajstić information content (AvgIpc) is 2.38. The molecule has 0 spiro atoms. The van der Waals surface area contributed by atoms with Gasteiger partial charge in [0, 0.05) is 28.7 Å². The zero-order chi connectivity index (χ0) is 15.0. The first kappa shape index (κ1) is 16.6. The van der Waals surface area contributed by atoms with Crippen molar-refractivity contribution in [3.8, 4) is 0 Å². The van der Waals surface area contributed by atoms with E-state index in [4.69, 9.17) is 5.11 Å². The molecule has 0 atom stereocenters. The van der Waals surface area contributed by atoms with E-state index in [0.717, 1.165) is 4.90 Å². The normalized spacial score (nSPS) is 10.6. The van der Waals surface area contributed by atoms with Crippen molar-refractivity contribution in [3.63, 3.8) is 0 Å². The van der Waals surface area contributed by atoms with Crippen LogP contribution in [0, 0.1) is 0 Å². The maximum Gasteiger partial charge on any atom is 0.303 e. The third-order valence-corrected chi connectivity index (χ3v) is 3.61. The van der Waals surface area contributed by atoms with Crippen LogP contribution in [-0.4, -0.2) is 28.8 Å². The second kappa shape index (κ2) is 8.64. The molecular formula is C15H21NO3S. The first-order chi connectivity index (χ1) is 9.49. The minimum Gasteiger partial charge on any atom is -0.481 e. The fourth-order valence-electron chi connectivity index (χ4n) is 1.66. The average molecular weight is 295 g/mol. The number of amides is 1. The molecule has 4 nitrogen and oxygen atoms in total. The molecule has 1 amide bonds. The van der Waals surface area contributed by atoms with Gasteiger partial charge in [-0.05, 0) is 37.1 Å². The Bertz CT molecular complexity index is 443. The summed E-state index contributed by atoms with van der Waals surface area (Å²) in [6.45, 7) is 4.76. The Balaban J connectivity index is 2.34. The highest BCUT2D eigenvalue weighted by molar-refractivity contribution is 7.99. The lowest BCUT2D eigenvalue weighted by Crippen LogP contribution is -2.24. The monoisotopic (exact) mass is 295 g/mol. The largest absolute Gasteiger partial charge is 0.481 e. The summed E-state index contributed by atoms with van der Waals surface area (Å²) in [6, 6.07) is 7.53. The summed E-state index contributed by atoms with van der Waals surface area (Å²) in [5, 5.41) is 11.8. The Morgan fingerprint density at radius 2 is 1.85 bits per heavy atom. The number of carboxylic acids is 1. The van der Waals surface area contributed by atoms with E-state index in [9.17, 15) is 9.59 Å². The van der Waals surface area contributed by atoms with Gasteiger partial charge in [0.15, 0.2) is 0 Å². The van der Waals surface area contributed by atoms with Crippen LogP contribution in [0.25, 0.3) is 0 Å². The minimum atomic E-state index is -0.797. The summed E-state index contributed by atoms with van der Waals surface area (Å²) < 4.78 is 0. The van der Waals surface area contributed by atoms with Crippen LogP contribution in [0.1, 0.15) is 43.5 Å². The second-order valence-corrected chi connectivity index (χ2v) is 6.45. The molecular weight excluding hydrogens is 274 g/mol. The quantitative estimate of drug-likeness (QED) is 0.571. The first-order valence-electron chi connectivity index (χ1n) is 6.75. The van der Waals surface area contributed by atoms with E-state index < -0.39 is 5.97 Å². The fourth-order valence-corrected chi connectivity index (χ4v) is 2.50. The summed E-state index contributed by atoms with van der Waals surface area (Å²) >= 11 is 1.76. The molecule has 0 saturated heterocycles. The molecule has 20 heavy (non-hydrogen) atoms. The standard InChI is InChI=1S/C15H21NO3S/c1-11(2)20-13-8-6-12(7-9-13)15(19)16-10-4-3-5-14(17)18/h6-9,11H,3-5,10H2,1-2H3,(H,16,19)(H,17,18). The van der Waals surface area contributed by atoms with Crippen molar-refractivity contribution in [2.45, 2.75) is 43.3 Å². The SMILES string of the molecule is CC(C)Sc1ccc(C(=O)NCCCCC(=O)O)cc1. The van der Waals surface area contributed by atoms with Crippen molar-refractivity contribution in [1.29, 1.82) is 0 Å². The number of rotatable bonds is 8. The number of aliphatic carboxylic acids is 1. The van der Waals surface area contributed by atoms with Crippen LogP contribution in [0.5, 0.6) is 0 Å². The van der Waals surface area contributed by atoms with E-state index >= 15 is 0 Å². The van der Waals surface area contributed by atoms with Gasteiger partial charge in [-0.15, -0.1) is 11.8 Å². The summed E-state index contributed by atoms with van der Waals surface area (Å²) in [7, 11) is 0. The Labute approximate surface area is 124 Å². The molecule has 0 aliphatic heterocycles. The number of hydrogen-bond donors (Lipinski definition) is 2. The lowest BCUT2D eigenvalue weighted by atomic mass is 10.2. The summed E-state index contributed by atoms with van der Waals surface area (Å²) in [5.41, 5.74) is 0.636. The van der Waals surface area contributed by atoms with Crippen molar-refractivity contribution in [1.82, 2.24) is 5.32 Å². The molecule has 1 aromatic rings. The molecule has 110 valence electrons. The van der Waals surface area contributed by atoms with Crippen LogP contribution in [0.4, 0.5) is 0 Å². The Hall–Kier alpha value is -1.49. The van der Waals surface area contributed by atoms with Gasteiger partial charge in [0.2, 0.25) is 0 Å². The lowest BCUT2D eigenvalue weighted by Gasteiger charge is -2.07. The van der Waals surface area contributed by atoms with Gasteiger partial charge < -0.3 is 10.4 Å². The molecule has 0 aliphatic carbocycles. The highest BCUT2D eigenvalue weighted by Crippen LogP contribution is 2.22. The smallest absolute Gasteiger partial charge is 0.303 e. The van der Waals surface area contributed by atoms with Gasteiger partial charge in [-0.1, -0.05) is 13.8 Å². The molecule has 2 N–H and O–H groups in total. The van der Waals surface area contributed by atoms with E-state index in [0.29, 0.717) is 30.2 Å². The predicted octanol–water partition coefficient (Wildman–Crippen LogP) is 3.17. The summed E-state index contributed by atoms with van der Waals surface area (Å²) in [5.74, 6) is -0.906. The summed E-state index contributed by atoms with van der Waals surface area (Å²) in [6.07, 6.45) is 1.41. The van der Waals surface area contributed by atoms with Gasteiger partial charge in [0.25, 0.3) is 5.91 Å². The molecule has 0 bridgehead atoms. The number of unbranched alkanes of at least 4 members (excludes halogenated alkanes) is 1. The minimum absolute atomic E-state index is 0.110. The highest BCUT2D eigenvalue weighted by atomic mass is 32.2. The molecule has 0 aliphatic rings. The van der Waals surface area contributed by atoms with Gasteiger partial charge in [0.1, 0.15) is 0 Å². The first-order valence-corrected chi connectivity index (χ1v) is 7.63. The maximum absolute atomic E-state index is 11.8. The van der Waals surface area contributed by atoms with Crippen molar-refractivity contribution >= 4 is 23.6 Å². The number of carbonyl (C=O) groups is 2. The molecule has 0 radical (unpaired) electrons. The van der Waals surface area contributed by atoms with Gasteiger partial charge in [-0.25, -0.2) is 0 Å². The van der Waals surface area contributed by atoms with E-state index in [1.165, 1.54) is 0 Å². The van der Waals surface area contributed by atoms with Crippen molar-refractivity contribution in [2.24, 2.45) is 0 Å². The molecule has 0 aromatic heterocycles. The fraction of sp³-hybridized carbons (Fsp3) is 0.467. The lowest BCUT2D eigenvalue weighted by molar-refractivity contribution is -0.137. The predicted molar refractivity (Wildman–Crippen MR) is 81.3 cm³/mol. The van der Waals surface area contributed by atoms with Crippen molar-refractivity contribution in [3.05, 3.63) is 29.8 Å². The van der Waals surface area contributed by atoms with E-state index in [2.05, 4.69) is 19.2 Å². The van der Waals surface area contributed by atoms with Crippen LogP contribution in [-0.2, 0) is 4.79 Å². The van der Waals surface area contributed by atoms with Crippen LogP contribution < -0.4 is 5.32 Å². The Morgan fingerprint density at radius 1 is 1.20 bits per heavy atom. The molecule has 0 saturated carbocycles. The van der Waals surface area contributed by atoms with Crippen molar-refractivity contribution in [2.75, 3.05) is 6.54 Å².